The van der Waals surface area contributed by atoms with Crippen molar-refractivity contribution in [3.8, 4) is 17.2 Å². The number of hydrogen-bond donors (Lipinski definition) is 1. The predicted octanol–water partition coefficient (Wildman–Crippen LogP) is 2.75. The summed E-state index contributed by atoms with van der Waals surface area (Å²) in [5.74, 6) is 1.37. The Morgan fingerprint density at radius 2 is 1.84 bits per heavy atom. The van der Waals surface area contributed by atoms with Gasteiger partial charge in [0.1, 0.15) is 0 Å². The summed E-state index contributed by atoms with van der Waals surface area (Å²) in [7, 11) is 4.64. The number of aromatic nitrogens is 1. The first-order chi connectivity index (χ1) is 12.1. The van der Waals surface area contributed by atoms with E-state index in [1.165, 1.54) is 6.08 Å². The molecule has 25 heavy (non-hydrogen) atoms. The van der Waals surface area contributed by atoms with E-state index in [0.29, 0.717) is 23.8 Å². The van der Waals surface area contributed by atoms with Gasteiger partial charge >= 0.3 is 0 Å². The SMILES string of the molecule is COc1cc(C=CC(=O)NCc2ncccc2C)cc(OC)c1OC. The number of aryl methyl sites for hydroxylation is 1. The molecule has 0 aliphatic heterocycles. The first kappa shape index (κ1) is 18.3. The van der Waals surface area contributed by atoms with Gasteiger partial charge < -0.3 is 19.5 Å². The van der Waals surface area contributed by atoms with Crippen LogP contribution in [0, 0.1) is 6.92 Å². The third-order valence-electron chi connectivity index (χ3n) is 3.66. The third kappa shape index (κ3) is 4.73. The Balaban J connectivity index is 2.08. The lowest BCUT2D eigenvalue weighted by molar-refractivity contribution is -0.116. The van der Waals surface area contributed by atoms with Crippen molar-refractivity contribution in [1.29, 1.82) is 0 Å². The van der Waals surface area contributed by atoms with Gasteiger partial charge in [-0.2, -0.15) is 0 Å². The molecule has 1 aromatic heterocycles. The van der Waals surface area contributed by atoms with Crippen LogP contribution in [0.2, 0.25) is 0 Å². The Morgan fingerprint density at radius 1 is 1.16 bits per heavy atom. The minimum atomic E-state index is -0.209. The number of carbonyl (C=O) groups is 1. The Hall–Kier alpha value is -3.02. The van der Waals surface area contributed by atoms with E-state index >= 15 is 0 Å². The van der Waals surface area contributed by atoms with Crippen LogP contribution >= 0.6 is 0 Å². The smallest absolute Gasteiger partial charge is 0.244 e. The molecule has 0 saturated carbocycles. The normalized spacial score (nSPS) is 10.6. The zero-order valence-corrected chi connectivity index (χ0v) is 14.8. The first-order valence-electron chi connectivity index (χ1n) is 7.75. The van der Waals surface area contributed by atoms with E-state index in [1.807, 2.05) is 19.1 Å². The number of hydrogen-bond acceptors (Lipinski definition) is 5. The van der Waals surface area contributed by atoms with Gasteiger partial charge in [-0.05, 0) is 42.3 Å². The van der Waals surface area contributed by atoms with Gasteiger partial charge in [-0.3, -0.25) is 9.78 Å². The van der Waals surface area contributed by atoms with Crippen LogP contribution in [0.4, 0.5) is 0 Å². The molecule has 1 amide bonds. The number of nitrogens with one attached hydrogen (secondary N) is 1. The Bertz CT molecular complexity index is 747. The molecule has 6 nitrogen and oxygen atoms in total. The molecule has 0 atom stereocenters. The maximum absolute atomic E-state index is 12.0. The summed E-state index contributed by atoms with van der Waals surface area (Å²) in [4.78, 5) is 16.3. The molecule has 1 N–H and O–H groups in total. The molecular weight excluding hydrogens is 320 g/mol. The summed E-state index contributed by atoms with van der Waals surface area (Å²) in [5.41, 5.74) is 2.65. The molecule has 0 aliphatic carbocycles. The molecule has 2 aromatic rings. The van der Waals surface area contributed by atoms with Crippen LogP contribution < -0.4 is 19.5 Å². The minimum Gasteiger partial charge on any atom is -0.493 e. The van der Waals surface area contributed by atoms with Gasteiger partial charge in [-0.25, -0.2) is 0 Å². The molecule has 0 aliphatic rings. The fourth-order valence-electron chi connectivity index (χ4n) is 2.30. The minimum absolute atomic E-state index is 0.209. The lowest BCUT2D eigenvalue weighted by atomic mass is 10.1. The average Bonchev–Trinajstić information content (AvgIpc) is 2.64. The molecule has 0 bridgehead atoms. The van der Waals surface area contributed by atoms with Crippen LogP contribution in [0.25, 0.3) is 6.08 Å². The summed E-state index contributed by atoms with van der Waals surface area (Å²) >= 11 is 0. The first-order valence-corrected chi connectivity index (χ1v) is 7.75. The van der Waals surface area contributed by atoms with Crippen LogP contribution in [0.3, 0.4) is 0 Å². The molecule has 132 valence electrons. The van der Waals surface area contributed by atoms with Crippen LogP contribution in [-0.2, 0) is 11.3 Å². The number of carbonyl (C=O) groups excluding carboxylic acids is 1. The molecule has 1 heterocycles. The van der Waals surface area contributed by atoms with Gasteiger partial charge in [-0.1, -0.05) is 6.07 Å². The van der Waals surface area contributed by atoms with Gasteiger partial charge in [0, 0.05) is 12.3 Å². The zero-order valence-electron chi connectivity index (χ0n) is 14.8. The summed E-state index contributed by atoms with van der Waals surface area (Å²) in [6.07, 6.45) is 4.85. The second-order valence-electron chi connectivity index (χ2n) is 5.28. The lowest BCUT2D eigenvalue weighted by Crippen LogP contribution is -2.21. The quantitative estimate of drug-likeness (QED) is 0.784. The fraction of sp³-hybridized carbons (Fsp3) is 0.263. The number of rotatable bonds is 7. The largest absolute Gasteiger partial charge is 0.493 e. The molecule has 0 spiro atoms. The van der Waals surface area contributed by atoms with Gasteiger partial charge in [-0.15, -0.1) is 0 Å². The fourth-order valence-corrected chi connectivity index (χ4v) is 2.30. The van der Waals surface area contributed by atoms with E-state index in [4.69, 9.17) is 14.2 Å². The van der Waals surface area contributed by atoms with Crippen LogP contribution in [0.5, 0.6) is 17.2 Å². The summed E-state index contributed by atoms with van der Waals surface area (Å²) in [6, 6.07) is 7.37. The van der Waals surface area contributed by atoms with Crippen molar-refractivity contribution in [3.05, 3.63) is 53.4 Å². The standard InChI is InChI=1S/C19H22N2O4/c1-13-6-5-9-20-15(13)12-21-18(22)8-7-14-10-16(23-2)19(25-4)17(11-14)24-3/h5-11H,12H2,1-4H3,(H,21,22). The maximum atomic E-state index is 12.0. The number of methoxy groups -OCH3 is 3. The average molecular weight is 342 g/mol. The van der Waals surface area contributed by atoms with Gasteiger partial charge in [0.2, 0.25) is 11.7 Å². The Labute approximate surface area is 147 Å². The van der Waals surface area contributed by atoms with Gasteiger partial charge in [0.15, 0.2) is 11.5 Å². The van der Waals surface area contributed by atoms with E-state index in [2.05, 4.69) is 10.3 Å². The molecule has 0 saturated heterocycles. The van der Waals surface area contributed by atoms with Crippen molar-refractivity contribution in [2.45, 2.75) is 13.5 Å². The second-order valence-corrected chi connectivity index (χ2v) is 5.28. The highest BCUT2D eigenvalue weighted by Gasteiger charge is 2.12. The molecule has 0 radical (unpaired) electrons. The number of nitrogens with zero attached hydrogens (tertiary/aromatic N) is 1. The van der Waals surface area contributed by atoms with Crippen molar-refractivity contribution in [2.24, 2.45) is 0 Å². The van der Waals surface area contributed by atoms with Crippen molar-refractivity contribution >= 4 is 12.0 Å². The Morgan fingerprint density at radius 3 is 2.40 bits per heavy atom. The summed E-state index contributed by atoms with van der Waals surface area (Å²) < 4.78 is 15.9. The van der Waals surface area contributed by atoms with Crippen molar-refractivity contribution < 1.29 is 19.0 Å². The van der Waals surface area contributed by atoms with E-state index in [9.17, 15) is 4.79 Å². The highest BCUT2D eigenvalue weighted by molar-refractivity contribution is 5.91. The third-order valence-corrected chi connectivity index (χ3v) is 3.66. The summed E-state index contributed by atoms with van der Waals surface area (Å²) in [5, 5.41) is 2.81. The number of pyridine rings is 1. The lowest BCUT2D eigenvalue weighted by Gasteiger charge is -2.12. The number of ether oxygens (including phenoxy) is 3. The molecular formula is C19H22N2O4. The molecule has 0 unspecified atom stereocenters. The van der Waals surface area contributed by atoms with Gasteiger partial charge in [0.05, 0.1) is 33.6 Å². The van der Waals surface area contributed by atoms with E-state index in [-0.39, 0.29) is 5.91 Å². The predicted molar refractivity (Wildman–Crippen MR) is 96.0 cm³/mol. The maximum Gasteiger partial charge on any atom is 0.244 e. The van der Waals surface area contributed by atoms with Crippen LogP contribution in [-0.4, -0.2) is 32.2 Å². The Kier molecular flexibility index (Phi) is 6.39. The van der Waals surface area contributed by atoms with Crippen molar-refractivity contribution in [3.63, 3.8) is 0 Å². The number of benzene rings is 1. The van der Waals surface area contributed by atoms with Crippen LogP contribution in [0.15, 0.2) is 36.5 Å². The van der Waals surface area contributed by atoms with Crippen LogP contribution in [0.1, 0.15) is 16.8 Å². The second kappa shape index (κ2) is 8.73. The highest BCUT2D eigenvalue weighted by atomic mass is 16.5. The van der Waals surface area contributed by atoms with Crippen molar-refractivity contribution in [2.75, 3.05) is 21.3 Å². The van der Waals surface area contributed by atoms with Gasteiger partial charge in [0.25, 0.3) is 0 Å². The summed E-state index contributed by atoms with van der Waals surface area (Å²) in [6.45, 7) is 2.34. The van der Waals surface area contributed by atoms with Crippen molar-refractivity contribution in [1.82, 2.24) is 10.3 Å². The van der Waals surface area contributed by atoms with E-state index in [1.54, 1.807) is 45.7 Å². The van der Waals surface area contributed by atoms with E-state index < -0.39 is 0 Å². The van der Waals surface area contributed by atoms with E-state index in [0.717, 1.165) is 16.8 Å². The molecule has 6 heteroatoms. The molecule has 0 fully saturated rings. The zero-order chi connectivity index (χ0) is 18.2. The molecule has 2 rings (SSSR count). The molecule has 1 aromatic carbocycles. The topological polar surface area (TPSA) is 69.7 Å². The highest BCUT2D eigenvalue weighted by Crippen LogP contribution is 2.38. The number of amides is 1. The monoisotopic (exact) mass is 342 g/mol.